The third kappa shape index (κ3) is 3.11. The second kappa shape index (κ2) is 5.96. The van der Waals surface area contributed by atoms with Gasteiger partial charge in [-0.25, -0.2) is 4.39 Å². The fourth-order valence-corrected chi connectivity index (χ4v) is 2.33. The van der Waals surface area contributed by atoms with E-state index >= 15 is 0 Å². The molecule has 1 amide bonds. The van der Waals surface area contributed by atoms with E-state index in [2.05, 4.69) is 5.32 Å². The van der Waals surface area contributed by atoms with Crippen molar-refractivity contribution in [1.82, 2.24) is 5.32 Å². The minimum absolute atomic E-state index is 0.256. The van der Waals surface area contributed by atoms with E-state index in [0.717, 1.165) is 25.0 Å². The Labute approximate surface area is 114 Å². The van der Waals surface area contributed by atoms with Crippen molar-refractivity contribution in [3.63, 3.8) is 0 Å². The number of nitrogens with zero attached hydrogens (tertiary/aromatic N) is 1. The zero-order chi connectivity index (χ0) is 14.7. The Balaban J connectivity index is 2.11. The second-order valence-corrected chi connectivity index (χ2v) is 4.85. The maximum Gasteiger partial charge on any atom is 0.272 e. The molecule has 2 rings (SSSR count). The Morgan fingerprint density at radius 3 is 2.70 bits per heavy atom. The molecule has 0 spiro atoms. The number of carbonyl (C=O) groups is 1. The fourth-order valence-electron chi connectivity index (χ4n) is 2.33. The monoisotopic (exact) mass is 282 g/mol. The summed E-state index contributed by atoms with van der Waals surface area (Å²) in [5, 5.41) is 22.8. The molecule has 1 aromatic carbocycles. The van der Waals surface area contributed by atoms with Crippen LogP contribution in [-0.2, 0) is 0 Å². The van der Waals surface area contributed by atoms with Gasteiger partial charge in [0.25, 0.3) is 11.6 Å². The van der Waals surface area contributed by atoms with Crippen LogP contribution in [0.5, 0.6) is 0 Å². The summed E-state index contributed by atoms with van der Waals surface area (Å²) in [6, 6.07) is 2.48. The lowest BCUT2D eigenvalue weighted by Crippen LogP contribution is -2.45. The molecule has 0 bridgehead atoms. The summed E-state index contributed by atoms with van der Waals surface area (Å²) in [6.45, 7) is 0. The van der Waals surface area contributed by atoms with E-state index in [0.29, 0.717) is 18.9 Å². The minimum Gasteiger partial charge on any atom is -0.391 e. The summed E-state index contributed by atoms with van der Waals surface area (Å²) in [4.78, 5) is 21.7. The molecule has 1 aliphatic carbocycles. The zero-order valence-corrected chi connectivity index (χ0v) is 10.7. The summed E-state index contributed by atoms with van der Waals surface area (Å²) in [7, 11) is 0. The number of benzene rings is 1. The van der Waals surface area contributed by atoms with Gasteiger partial charge in [-0.2, -0.15) is 0 Å². The molecule has 1 aromatic rings. The SMILES string of the molecule is O=C(N[C@H]1CCCC[C@@H]1O)c1ccc([N+](=O)[O-])cc1F. The lowest BCUT2D eigenvalue weighted by Gasteiger charge is -2.28. The van der Waals surface area contributed by atoms with Gasteiger partial charge in [-0.05, 0) is 18.9 Å². The Kier molecular flexibility index (Phi) is 4.29. The first-order valence-corrected chi connectivity index (χ1v) is 6.42. The summed E-state index contributed by atoms with van der Waals surface area (Å²) in [5.74, 6) is -1.61. The average molecular weight is 282 g/mol. The minimum atomic E-state index is -0.943. The van der Waals surface area contributed by atoms with Crippen LogP contribution < -0.4 is 5.32 Å². The number of halogens is 1. The standard InChI is InChI=1S/C13H15FN2O4/c14-10-7-8(16(19)20)5-6-9(10)13(18)15-11-3-1-2-4-12(11)17/h5-7,11-12,17H,1-4H2,(H,15,18)/t11-,12-/m0/s1. The number of amides is 1. The molecule has 0 saturated heterocycles. The smallest absolute Gasteiger partial charge is 0.272 e. The third-order valence-corrected chi connectivity index (χ3v) is 3.45. The van der Waals surface area contributed by atoms with Crippen molar-refractivity contribution in [2.75, 3.05) is 0 Å². The summed E-state index contributed by atoms with van der Waals surface area (Å²) in [6.07, 6.45) is 2.41. The van der Waals surface area contributed by atoms with Crippen LogP contribution in [0.15, 0.2) is 18.2 Å². The van der Waals surface area contributed by atoms with Crippen LogP contribution in [0.25, 0.3) is 0 Å². The number of rotatable bonds is 3. The molecule has 0 aliphatic heterocycles. The van der Waals surface area contributed by atoms with Crippen LogP contribution in [0.4, 0.5) is 10.1 Å². The first-order valence-electron chi connectivity index (χ1n) is 6.42. The largest absolute Gasteiger partial charge is 0.391 e. The van der Waals surface area contributed by atoms with Gasteiger partial charge in [0.1, 0.15) is 5.82 Å². The van der Waals surface area contributed by atoms with E-state index in [1.165, 1.54) is 0 Å². The van der Waals surface area contributed by atoms with Crippen LogP contribution in [0, 0.1) is 15.9 Å². The highest BCUT2D eigenvalue weighted by molar-refractivity contribution is 5.94. The van der Waals surface area contributed by atoms with Gasteiger partial charge in [-0.15, -0.1) is 0 Å². The quantitative estimate of drug-likeness (QED) is 0.652. The van der Waals surface area contributed by atoms with Crippen molar-refractivity contribution in [3.8, 4) is 0 Å². The molecule has 0 radical (unpaired) electrons. The lowest BCUT2D eigenvalue weighted by molar-refractivity contribution is -0.385. The Morgan fingerprint density at radius 1 is 1.40 bits per heavy atom. The molecule has 0 aromatic heterocycles. The predicted octanol–water partition coefficient (Wildman–Crippen LogP) is 1.77. The number of hydrogen-bond donors (Lipinski definition) is 2. The molecule has 108 valence electrons. The topological polar surface area (TPSA) is 92.5 Å². The molecule has 2 atom stereocenters. The molecular weight excluding hydrogens is 267 g/mol. The maximum atomic E-state index is 13.7. The van der Waals surface area contributed by atoms with Crippen molar-refractivity contribution < 1.29 is 19.2 Å². The van der Waals surface area contributed by atoms with Crippen LogP contribution in [0.1, 0.15) is 36.0 Å². The van der Waals surface area contributed by atoms with E-state index < -0.39 is 34.5 Å². The zero-order valence-electron chi connectivity index (χ0n) is 10.7. The normalized spacial score (nSPS) is 22.3. The third-order valence-electron chi connectivity index (χ3n) is 3.45. The Hall–Kier alpha value is -2.02. The molecule has 20 heavy (non-hydrogen) atoms. The van der Waals surface area contributed by atoms with Crippen LogP contribution in [0.2, 0.25) is 0 Å². The van der Waals surface area contributed by atoms with E-state index in [-0.39, 0.29) is 5.56 Å². The Bertz CT molecular complexity index is 535. The highest BCUT2D eigenvalue weighted by Crippen LogP contribution is 2.20. The van der Waals surface area contributed by atoms with Crippen LogP contribution in [0.3, 0.4) is 0 Å². The van der Waals surface area contributed by atoms with Gasteiger partial charge in [-0.1, -0.05) is 12.8 Å². The lowest BCUT2D eigenvalue weighted by atomic mass is 9.92. The van der Waals surface area contributed by atoms with Crippen LogP contribution >= 0.6 is 0 Å². The number of aliphatic hydroxyl groups is 1. The molecular formula is C13H15FN2O4. The predicted molar refractivity (Wildman–Crippen MR) is 68.8 cm³/mol. The Morgan fingerprint density at radius 2 is 2.10 bits per heavy atom. The number of nitro benzene ring substituents is 1. The average Bonchev–Trinajstić information content (AvgIpc) is 2.41. The molecule has 2 N–H and O–H groups in total. The van der Waals surface area contributed by atoms with E-state index in [1.807, 2.05) is 0 Å². The van der Waals surface area contributed by atoms with Crippen molar-refractivity contribution in [2.45, 2.75) is 37.8 Å². The highest BCUT2D eigenvalue weighted by Gasteiger charge is 2.26. The number of aliphatic hydroxyl groups excluding tert-OH is 1. The first kappa shape index (κ1) is 14.4. The number of nitro groups is 1. The summed E-state index contributed by atoms with van der Waals surface area (Å²) in [5.41, 5.74) is -0.662. The number of hydrogen-bond acceptors (Lipinski definition) is 4. The summed E-state index contributed by atoms with van der Waals surface area (Å²) >= 11 is 0. The van der Waals surface area contributed by atoms with Gasteiger partial charge in [0.2, 0.25) is 0 Å². The molecule has 7 heteroatoms. The summed E-state index contributed by atoms with van der Waals surface area (Å²) < 4.78 is 13.7. The maximum absolute atomic E-state index is 13.7. The molecule has 6 nitrogen and oxygen atoms in total. The number of non-ortho nitro benzene ring substituents is 1. The molecule has 1 saturated carbocycles. The van der Waals surface area contributed by atoms with E-state index in [4.69, 9.17) is 0 Å². The van der Waals surface area contributed by atoms with Gasteiger partial charge in [-0.3, -0.25) is 14.9 Å². The highest BCUT2D eigenvalue weighted by atomic mass is 19.1. The molecule has 1 aliphatic rings. The molecule has 0 heterocycles. The number of nitrogens with one attached hydrogen (secondary N) is 1. The first-order chi connectivity index (χ1) is 9.49. The molecule has 1 fully saturated rings. The van der Waals surface area contributed by atoms with Crippen LogP contribution in [-0.4, -0.2) is 28.1 Å². The van der Waals surface area contributed by atoms with Crippen molar-refractivity contribution in [1.29, 1.82) is 0 Å². The van der Waals surface area contributed by atoms with Crippen molar-refractivity contribution in [3.05, 3.63) is 39.7 Å². The van der Waals surface area contributed by atoms with Crippen molar-refractivity contribution in [2.24, 2.45) is 0 Å². The van der Waals surface area contributed by atoms with Gasteiger partial charge in [0.15, 0.2) is 0 Å². The van der Waals surface area contributed by atoms with Gasteiger partial charge < -0.3 is 10.4 Å². The van der Waals surface area contributed by atoms with E-state index in [1.54, 1.807) is 0 Å². The fraction of sp³-hybridized carbons (Fsp3) is 0.462. The van der Waals surface area contributed by atoms with E-state index in [9.17, 15) is 24.4 Å². The van der Waals surface area contributed by atoms with Gasteiger partial charge >= 0.3 is 0 Å². The van der Waals surface area contributed by atoms with Gasteiger partial charge in [0.05, 0.1) is 28.7 Å². The second-order valence-electron chi connectivity index (χ2n) is 4.85. The van der Waals surface area contributed by atoms with Crippen molar-refractivity contribution >= 4 is 11.6 Å². The molecule has 0 unspecified atom stereocenters. The van der Waals surface area contributed by atoms with Gasteiger partial charge in [0, 0.05) is 6.07 Å². The number of carbonyl (C=O) groups excluding carboxylic acids is 1.